The fraction of sp³-hybridized carbons (Fsp3) is 0.188. The summed E-state index contributed by atoms with van der Waals surface area (Å²) < 4.78 is 9.79. The second kappa shape index (κ2) is 7.91. The van der Waals surface area contributed by atoms with E-state index >= 15 is 0 Å². The molecule has 1 heterocycles. The van der Waals surface area contributed by atoms with Crippen LogP contribution in [-0.2, 0) is 9.53 Å². The number of anilines is 1. The van der Waals surface area contributed by atoms with E-state index in [0.29, 0.717) is 5.56 Å². The van der Waals surface area contributed by atoms with Crippen LogP contribution in [0.25, 0.3) is 0 Å². The van der Waals surface area contributed by atoms with Gasteiger partial charge in [0.25, 0.3) is 5.91 Å². The van der Waals surface area contributed by atoms with Gasteiger partial charge in [-0.1, -0.05) is 34.8 Å². The summed E-state index contributed by atoms with van der Waals surface area (Å²) in [5.74, 6) is -1.29. The van der Waals surface area contributed by atoms with Crippen LogP contribution in [0.1, 0.15) is 21.7 Å². The molecule has 0 aliphatic carbocycles. The van der Waals surface area contributed by atoms with Crippen molar-refractivity contribution in [2.75, 3.05) is 11.9 Å². The van der Waals surface area contributed by atoms with Crippen molar-refractivity contribution >= 4 is 52.4 Å². The summed E-state index contributed by atoms with van der Waals surface area (Å²) >= 11 is 17.6. The van der Waals surface area contributed by atoms with Crippen LogP contribution in [0.15, 0.2) is 27.4 Å². The molecule has 0 spiro atoms. The minimum Gasteiger partial charge on any atom is -0.452 e. The van der Waals surface area contributed by atoms with Gasteiger partial charge >= 0.3 is 11.6 Å². The molecule has 2 rings (SSSR count). The number of aryl methyl sites for hydroxylation is 2. The second-order valence-corrected chi connectivity index (χ2v) is 6.27. The first-order valence-electron chi connectivity index (χ1n) is 6.92. The molecule has 6 nitrogen and oxygen atoms in total. The standard InChI is InChI=1S/C16H12Cl3NO5/c1-7-3-14(22)25-8(2)15(7)16(23)24-6-13(21)20-12-5-10(18)9(17)4-11(12)19/h3-5H,6H2,1-2H3,(H,20,21). The first-order chi connectivity index (χ1) is 11.7. The molecular formula is C16H12Cl3NO5. The molecule has 0 fully saturated rings. The average molecular weight is 405 g/mol. The number of hydrogen-bond acceptors (Lipinski definition) is 5. The smallest absolute Gasteiger partial charge is 0.342 e. The summed E-state index contributed by atoms with van der Waals surface area (Å²) in [5, 5.41) is 3.10. The van der Waals surface area contributed by atoms with Crippen molar-refractivity contribution in [2.45, 2.75) is 13.8 Å². The molecule has 0 aliphatic rings. The van der Waals surface area contributed by atoms with Crippen LogP contribution in [0.5, 0.6) is 0 Å². The maximum absolute atomic E-state index is 12.1. The highest BCUT2D eigenvalue weighted by Crippen LogP contribution is 2.32. The summed E-state index contributed by atoms with van der Waals surface area (Å²) in [4.78, 5) is 35.2. The molecule has 0 saturated heterocycles. The average Bonchev–Trinajstić information content (AvgIpc) is 2.49. The Bertz CT molecular complexity index is 881. The van der Waals surface area contributed by atoms with Gasteiger partial charge in [0, 0.05) is 6.07 Å². The van der Waals surface area contributed by atoms with Gasteiger partial charge in [0.15, 0.2) is 6.61 Å². The minimum atomic E-state index is -0.783. The van der Waals surface area contributed by atoms with Gasteiger partial charge in [0.1, 0.15) is 11.3 Å². The predicted molar refractivity (Wildman–Crippen MR) is 94.8 cm³/mol. The van der Waals surface area contributed by atoms with Crippen LogP contribution >= 0.6 is 34.8 Å². The molecule has 9 heteroatoms. The third-order valence-corrected chi connectivity index (χ3v) is 4.19. The Morgan fingerprint density at radius 1 is 1.08 bits per heavy atom. The van der Waals surface area contributed by atoms with Crippen LogP contribution in [0.3, 0.4) is 0 Å². The van der Waals surface area contributed by atoms with Gasteiger partial charge in [-0.05, 0) is 31.5 Å². The number of carbonyl (C=O) groups excluding carboxylic acids is 2. The molecule has 0 radical (unpaired) electrons. The van der Waals surface area contributed by atoms with E-state index in [9.17, 15) is 14.4 Å². The van der Waals surface area contributed by atoms with E-state index in [1.165, 1.54) is 25.1 Å². The van der Waals surface area contributed by atoms with Crippen LogP contribution in [-0.4, -0.2) is 18.5 Å². The number of nitrogens with one attached hydrogen (secondary N) is 1. The maximum Gasteiger partial charge on any atom is 0.342 e. The molecule has 1 N–H and O–H groups in total. The van der Waals surface area contributed by atoms with Gasteiger partial charge in [0.05, 0.1) is 20.8 Å². The highest BCUT2D eigenvalue weighted by molar-refractivity contribution is 6.44. The zero-order chi connectivity index (χ0) is 18.7. The van der Waals surface area contributed by atoms with Crippen molar-refractivity contribution in [3.05, 3.63) is 60.6 Å². The maximum atomic E-state index is 12.1. The van der Waals surface area contributed by atoms with Crippen molar-refractivity contribution in [3.63, 3.8) is 0 Å². The van der Waals surface area contributed by atoms with E-state index in [4.69, 9.17) is 44.0 Å². The van der Waals surface area contributed by atoms with Gasteiger partial charge in [0.2, 0.25) is 0 Å². The summed E-state index contributed by atoms with van der Waals surface area (Å²) in [6.45, 7) is 2.46. The molecular weight excluding hydrogens is 393 g/mol. The van der Waals surface area contributed by atoms with Crippen LogP contribution in [0.4, 0.5) is 5.69 Å². The number of ether oxygens (including phenoxy) is 1. The first-order valence-corrected chi connectivity index (χ1v) is 8.05. The van der Waals surface area contributed by atoms with E-state index in [1.807, 2.05) is 0 Å². The van der Waals surface area contributed by atoms with Crippen LogP contribution in [0, 0.1) is 13.8 Å². The summed E-state index contributed by atoms with van der Waals surface area (Å²) in [6, 6.07) is 3.93. The van der Waals surface area contributed by atoms with E-state index in [1.54, 1.807) is 6.92 Å². The molecule has 25 heavy (non-hydrogen) atoms. The fourth-order valence-corrected chi connectivity index (χ4v) is 2.66. The third-order valence-electron chi connectivity index (χ3n) is 3.16. The van der Waals surface area contributed by atoms with E-state index < -0.39 is 24.1 Å². The number of amides is 1. The van der Waals surface area contributed by atoms with Gasteiger partial charge in [-0.3, -0.25) is 4.79 Å². The van der Waals surface area contributed by atoms with Crippen LogP contribution < -0.4 is 10.9 Å². The molecule has 1 aromatic carbocycles. The summed E-state index contributed by atoms with van der Waals surface area (Å²) in [6.07, 6.45) is 0. The van der Waals surface area contributed by atoms with Gasteiger partial charge < -0.3 is 14.5 Å². The predicted octanol–water partition coefficient (Wildman–Crippen LogP) is 4.01. The van der Waals surface area contributed by atoms with Crippen molar-refractivity contribution < 1.29 is 18.7 Å². The van der Waals surface area contributed by atoms with Crippen LogP contribution in [0.2, 0.25) is 15.1 Å². The molecule has 132 valence electrons. The minimum absolute atomic E-state index is 0.0972. The Morgan fingerprint density at radius 3 is 2.36 bits per heavy atom. The van der Waals surface area contributed by atoms with E-state index in [0.717, 1.165) is 0 Å². The Balaban J connectivity index is 2.04. The lowest BCUT2D eigenvalue weighted by atomic mass is 10.1. The Morgan fingerprint density at radius 2 is 1.72 bits per heavy atom. The number of benzene rings is 1. The summed E-state index contributed by atoms with van der Waals surface area (Å²) in [5.41, 5.74) is 0.153. The monoisotopic (exact) mass is 403 g/mol. The molecule has 1 aromatic heterocycles. The molecule has 0 saturated carbocycles. The first kappa shape index (κ1) is 19.3. The lowest BCUT2D eigenvalue weighted by Crippen LogP contribution is -2.22. The number of hydrogen-bond donors (Lipinski definition) is 1. The topological polar surface area (TPSA) is 85.6 Å². The highest BCUT2D eigenvalue weighted by Gasteiger charge is 2.18. The Kier molecular flexibility index (Phi) is 6.11. The quantitative estimate of drug-likeness (QED) is 0.614. The molecule has 0 unspecified atom stereocenters. The largest absolute Gasteiger partial charge is 0.452 e. The number of rotatable bonds is 4. The molecule has 0 aliphatic heterocycles. The molecule has 0 atom stereocenters. The second-order valence-electron chi connectivity index (χ2n) is 5.05. The van der Waals surface area contributed by atoms with Crippen molar-refractivity contribution in [2.24, 2.45) is 0 Å². The summed E-state index contributed by atoms with van der Waals surface area (Å²) in [7, 11) is 0. The van der Waals surface area contributed by atoms with Gasteiger partial charge in [-0.15, -0.1) is 0 Å². The van der Waals surface area contributed by atoms with Gasteiger partial charge in [-0.25, -0.2) is 9.59 Å². The zero-order valence-electron chi connectivity index (χ0n) is 13.1. The SMILES string of the molecule is Cc1cc(=O)oc(C)c1C(=O)OCC(=O)Nc1cc(Cl)c(Cl)cc1Cl. The third kappa shape index (κ3) is 4.75. The van der Waals surface area contributed by atoms with E-state index in [2.05, 4.69) is 5.32 Å². The number of esters is 1. The Labute approximate surface area is 157 Å². The highest BCUT2D eigenvalue weighted by atomic mass is 35.5. The van der Waals surface area contributed by atoms with Crippen molar-refractivity contribution in [1.82, 2.24) is 0 Å². The lowest BCUT2D eigenvalue weighted by Gasteiger charge is -2.10. The zero-order valence-corrected chi connectivity index (χ0v) is 15.4. The molecule has 1 amide bonds. The van der Waals surface area contributed by atoms with Gasteiger partial charge in [-0.2, -0.15) is 0 Å². The number of halogens is 3. The van der Waals surface area contributed by atoms with Crippen molar-refractivity contribution in [1.29, 1.82) is 0 Å². The van der Waals surface area contributed by atoms with E-state index in [-0.39, 0.29) is 32.1 Å². The lowest BCUT2D eigenvalue weighted by molar-refractivity contribution is -0.119. The fourth-order valence-electron chi connectivity index (χ4n) is 2.07. The van der Waals surface area contributed by atoms with Crippen molar-refractivity contribution in [3.8, 4) is 0 Å². The molecule has 2 aromatic rings. The molecule has 0 bridgehead atoms. The number of carbonyl (C=O) groups is 2. The Hall–Kier alpha value is -2.02. The normalized spacial score (nSPS) is 10.4.